The zero-order valence-corrected chi connectivity index (χ0v) is 12.6. The molecule has 0 bridgehead atoms. The Bertz CT molecular complexity index is 488. The van der Waals surface area contributed by atoms with Crippen LogP contribution in [-0.2, 0) is 16.6 Å². The summed E-state index contributed by atoms with van der Waals surface area (Å²) in [6, 6.07) is 1.61. The Morgan fingerprint density at radius 2 is 1.84 bits per heavy atom. The predicted molar refractivity (Wildman–Crippen MR) is 76.7 cm³/mol. The molecule has 6 heteroatoms. The zero-order chi connectivity index (χ0) is 13.7. The summed E-state index contributed by atoms with van der Waals surface area (Å²) in [7, 11) is -3.43. The number of aliphatic hydroxyl groups excluding tert-OH is 1. The summed E-state index contributed by atoms with van der Waals surface area (Å²) >= 11 is 1.28. The summed E-state index contributed by atoms with van der Waals surface area (Å²) in [4.78, 5) is 0.960. The summed E-state index contributed by atoms with van der Waals surface area (Å²) in [5.41, 5.74) is 0. The maximum Gasteiger partial charge on any atom is 0.241 e. The first-order valence-corrected chi connectivity index (χ1v) is 9.19. The van der Waals surface area contributed by atoms with Crippen LogP contribution in [0.2, 0.25) is 0 Å². The van der Waals surface area contributed by atoms with Gasteiger partial charge in [-0.3, -0.25) is 0 Å². The van der Waals surface area contributed by atoms with E-state index in [4.69, 9.17) is 5.11 Å². The molecule has 1 fully saturated rings. The number of hydrogen-bond acceptors (Lipinski definition) is 4. The maximum absolute atomic E-state index is 12.2. The van der Waals surface area contributed by atoms with Crippen LogP contribution in [0.15, 0.2) is 16.3 Å². The Kier molecular flexibility index (Phi) is 5.38. The number of rotatable bonds is 4. The van der Waals surface area contributed by atoms with Gasteiger partial charge in [0.2, 0.25) is 10.0 Å². The molecule has 0 radical (unpaired) electrons. The highest BCUT2D eigenvalue weighted by atomic mass is 32.2. The second-order valence-electron chi connectivity index (χ2n) is 5.07. The monoisotopic (exact) mass is 303 g/mol. The van der Waals surface area contributed by atoms with Crippen LogP contribution in [0.5, 0.6) is 0 Å². The van der Waals surface area contributed by atoms with E-state index in [0.717, 1.165) is 25.7 Å². The van der Waals surface area contributed by atoms with Gasteiger partial charge in [-0.2, -0.15) is 0 Å². The van der Waals surface area contributed by atoms with Gasteiger partial charge in [0.1, 0.15) is 0 Å². The van der Waals surface area contributed by atoms with Gasteiger partial charge in [0.05, 0.1) is 11.5 Å². The van der Waals surface area contributed by atoms with Crippen molar-refractivity contribution in [1.29, 1.82) is 0 Å². The molecule has 0 aromatic carbocycles. The minimum atomic E-state index is -3.43. The molecule has 1 aromatic rings. The molecule has 1 saturated carbocycles. The third kappa shape index (κ3) is 4.27. The highest BCUT2D eigenvalue weighted by Gasteiger charge is 2.21. The largest absolute Gasteiger partial charge is 0.391 e. The van der Waals surface area contributed by atoms with E-state index in [1.807, 2.05) is 0 Å². The predicted octanol–water partition coefficient (Wildman–Crippen LogP) is 2.63. The summed E-state index contributed by atoms with van der Waals surface area (Å²) in [6.45, 7) is -0.108. The average Bonchev–Trinajstić information content (AvgIpc) is 2.82. The highest BCUT2D eigenvalue weighted by Crippen LogP contribution is 2.22. The number of aliphatic hydroxyl groups is 1. The SMILES string of the molecule is O=S(=O)(NC1CCCCCCC1)c1csc(CO)c1. The fraction of sp³-hybridized carbons (Fsp3) is 0.692. The third-order valence-electron chi connectivity index (χ3n) is 3.52. The van der Waals surface area contributed by atoms with Crippen LogP contribution >= 0.6 is 11.3 Å². The van der Waals surface area contributed by atoms with Gasteiger partial charge in [-0.15, -0.1) is 11.3 Å². The summed E-state index contributed by atoms with van der Waals surface area (Å²) in [6.07, 6.45) is 7.71. The lowest BCUT2D eigenvalue weighted by molar-refractivity contribution is 0.285. The van der Waals surface area contributed by atoms with Gasteiger partial charge < -0.3 is 5.11 Å². The van der Waals surface area contributed by atoms with Gasteiger partial charge in [-0.05, 0) is 18.9 Å². The van der Waals surface area contributed by atoms with Crippen LogP contribution in [0.1, 0.15) is 49.8 Å². The lowest BCUT2D eigenvalue weighted by Crippen LogP contribution is -2.35. The maximum atomic E-state index is 12.2. The van der Waals surface area contributed by atoms with Gasteiger partial charge >= 0.3 is 0 Å². The quantitative estimate of drug-likeness (QED) is 0.898. The molecule has 19 heavy (non-hydrogen) atoms. The van der Waals surface area contributed by atoms with Crippen LogP contribution < -0.4 is 4.72 Å². The molecule has 1 aliphatic rings. The standard InChI is InChI=1S/C13H21NO3S2/c15-9-12-8-13(10-18-12)19(16,17)14-11-6-4-2-1-3-5-7-11/h8,10-11,14-15H,1-7,9H2. The molecule has 0 aliphatic heterocycles. The zero-order valence-electron chi connectivity index (χ0n) is 11.0. The first-order chi connectivity index (χ1) is 9.12. The molecule has 1 aliphatic carbocycles. The highest BCUT2D eigenvalue weighted by molar-refractivity contribution is 7.89. The number of sulfonamides is 1. The van der Waals surface area contributed by atoms with E-state index < -0.39 is 10.0 Å². The van der Waals surface area contributed by atoms with Crippen molar-refractivity contribution < 1.29 is 13.5 Å². The number of thiophene rings is 1. The Morgan fingerprint density at radius 3 is 2.42 bits per heavy atom. The first kappa shape index (κ1) is 15.0. The number of nitrogens with one attached hydrogen (secondary N) is 1. The molecule has 0 unspecified atom stereocenters. The van der Waals surface area contributed by atoms with E-state index in [2.05, 4.69) is 4.72 Å². The van der Waals surface area contributed by atoms with Crippen LogP contribution in [0.4, 0.5) is 0 Å². The molecule has 108 valence electrons. The molecule has 2 rings (SSSR count). The Hall–Kier alpha value is -0.430. The van der Waals surface area contributed by atoms with E-state index in [0.29, 0.717) is 4.88 Å². The molecule has 2 N–H and O–H groups in total. The van der Waals surface area contributed by atoms with E-state index in [-0.39, 0.29) is 17.5 Å². The normalized spacial score (nSPS) is 19.0. The smallest absolute Gasteiger partial charge is 0.241 e. The van der Waals surface area contributed by atoms with Gasteiger partial charge in [-0.1, -0.05) is 32.1 Å². The molecular weight excluding hydrogens is 282 g/mol. The second kappa shape index (κ2) is 6.83. The van der Waals surface area contributed by atoms with Crippen LogP contribution in [-0.4, -0.2) is 19.6 Å². The molecule has 0 spiro atoms. The van der Waals surface area contributed by atoms with Gasteiger partial charge in [0.15, 0.2) is 0 Å². The van der Waals surface area contributed by atoms with Crippen molar-refractivity contribution in [3.63, 3.8) is 0 Å². The summed E-state index contributed by atoms with van der Waals surface area (Å²) in [5.74, 6) is 0. The minimum Gasteiger partial charge on any atom is -0.391 e. The lowest BCUT2D eigenvalue weighted by atomic mass is 9.97. The third-order valence-corrected chi connectivity index (χ3v) is 6.09. The van der Waals surface area contributed by atoms with Crippen molar-refractivity contribution >= 4 is 21.4 Å². The molecule has 1 aromatic heterocycles. The number of hydrogen-bond donors (Lipinski definition) is 2. The van der Waals surface area contributed by atoms with Crippen molar-refractivity contribution in [3.8, 4) is 0 Å². The molecular formula is C13H21NO3S2. The van der Waals surface area contributed by atoms with Crippen molar-refractivity contribution in [2.24, 2.45) is 0 Å². The van der Waals surface area contributed by atoms with Crippen LogP contribution in [0, 0.1) is 0 Å². The van der Waals surface area contributed by atoms with Crippen molar-refractivity contribution in [3.05, 3.63) is 16.3 Å². The lowest BCUT2D eigenvalue weighted by Gasteiger charge is -2.20. The van der Waals surface area contributed by atoms with E-state index in [1.165, 1.54) is 30.6 Å². The van der Waals surface area contributed by atoms with E-state index in [9.17, 15) is 8.42 Å². The Morgan fingerprint density at radius 1 is 1.21 bits per heavy atom. The first-order valence-electron chi connectivity index (χ1n) is 6.82. The Labute approximate surface area is 118 Å². The fourth-order valence-electron chi connectivity index (χ4n) is 2.45. The van der Waals surface area contributed by atoms with Crippen LogP contribution in [0.3, 0.4) is 0 Å². The minimum absolute atomic E-state index is 0.0581. The molecule has 4 nitrogen and oxygen atoms in total. The van der Waals surface area contributed by atoms with Crippen LogP contribution in [0.25, 0.3) is 0 Å². The van der Waals surface area contributed by atoms with E-state index in [1.54, 1.807) is 11.4 Å². The molecule has 0 amide bonds. The summed E-state index contributed by atoms with van der Waals surface area (Å²) in [5, 5.41) is 10.6. The van der Waals surface area contributed by atoms with E-state index >= 15 is 0 Å². The second-order valence-corrected chi connectivity index (χ2v) is 7.78. The van der Waals surface area contributed by atoms with Gasteiger partial charge in [0.25, 0.3) is 0 Å². The van der Waals surface area contributed by atoms with Crippen molar-refractivity contribution in [2.45, 2.75) is 62.5 Å². The fourth-order valence-corrected chi connectivity index (χ4v) is 4.88. The molecule has 0 saturated heterocycles. The van der Waals surface area contributed by atoms with Gasteiger partial charge in [0, 0.05) is 16.3 Å². The van der Waals surface area contributed by atoms with Gasteiger partial charge in [-0.25, -0.2) is 13.1 Å². The topological polar surface area (TPSA) is 66.4 Å². The summed E-state index contributed by atoms with van der Waals surface area (Å²) < 4.78 is 27.3. The molecule has 0 atom stereocenters. The Balaban J connectivity index is 2.02. The van der Waals surface area contributed by atoms with Crippen molar-refractivity contribution in [1.82, 2.24) is 4.72 Å². The van der Waals surface area contributed by atoms with Crippen molar-refractivity contribution in [2.75, 3.05) is 0 Å². The average molecular weight is 303 g/mol. The molecule has 1 heterocycles.